The summed E-state index contributed by atoms with van der Waals surface area (Å²) in [6.07, 6.45) is 7.17. The lowest BCUT2D eigenvalue weighted by molar-refractivity contribution is 0.0573. The van der Waals surface area contributed by atoms with Gasteiger partial charge in [-0.05, 0) is 77.4 Å². The van der Waals surface area contributed by atoms with Crippen molar-refractivity contribution in [1.82, 2.24) is 14.7 Å². The largest absolute Gasteiger partial charge is 0.301 e. The number of piperazine rings is 1. The normalized spacial score (nSPS) is 27.9. The highest BCUT2D eigenvalue weighted by molar-refractivity contribution is 5.06. The number of nitrogens with zero attached hydrogens (tertiary/aromatic N) is 3. The van der Waals surface area contributed by atoms with Crippen LogP contribution in [0.15, 0.2) is 0 Å². The first-order valence-corrected chi connectivity index (χ1v) is 10.2. The third-order valence-corrected chi connectivity index (χ3v) is 7.07. The summed E-state index contributed by atoms with van der Waals surface area (Å²) < 4.78 is 0. The number of piperidine rings is 1. The van der Waals surface area contributed by atoms with Crippen molar-refractivity contribution in [2.75, 3.05) is 45.8 Å². The molecule has 0 aromatic carbocycles. The summed E-state index contributed by atoms with van der Waals surface area (Å²) in [5, 5.41) is 0. The molecule has 0 radical (unpaired) electrons. The van der Waals surface area contributed by atoms with Gasteiger partial charge in [-0.15, -0.1) is 0 Å². The van der Waals surface area contributed by atoms with Gasteiger partial charge in [0, 0.05) is 37.8 Å². The van der Waals surface area contributed by atoms with E-state index in [0.717, 1.165) is 17.9 Å². The first kappa shape index (κ1) is 17.7. The highest BCUT2D eigenvalue weighted by atomic mass is 15.3. The van der Waals surface area contributed by atoms with Gasteiger partial charge in [-0.1, -0.05) is 13.8 Å². The zero-order valence-corrected chi connectivity index (χ0v) is 16.1. The maximum absolute atomic E-state index is 2.81. The predicted octanol–water partition coefficient (Wildman–Crippen LogP) is 3.30. The topological polar surface area (TPSA) is 9.72 Å². The van der Waals surface area contributed by atoms with Gasteiger partial charge in [0.05, 0.1) is 0 Å². The minimum Gasteiger partial charge on any atom is -0.301 e. The van der Waals surface area contributed by atoms with Gasteiger partial charge in [-0.3, -0.25) is 4.90 Å². The first-order chi connectivity index (χ1) is 11.0. The van der Waals surface area contributed by atoms with Gasteiger partial charge >= 0.3 is 0 Å². The van der Waals surface area contributed by atoms with Crippen LogP contribution in [0.3, 0.4) is 0 Å². The average molecular weight is 322 g/mol. The second-order valence-corrected chi connectivity index (χ2v) is 8.95. The van der Waals surface area contributed by atoms with E-state index in [-0.39, 0.29) is 0 Å². The summed E-state index contributed by atoms with van der Waals surface area (Å²) >= 11 is 0. The molecule has 23 heavy (non-hydrogen) atoms. The molecule has 3 aliphatic rings. The second kappa shape index (κ2) is 7.41. The highest BCUT2D eigenvalue weighted by Gasteiger charge is 2.50. The lowest BCUT2D eigenvalue weighted by Crippen LogP contribution is -2.53. The first-order valence-electron chi connectivity index (χ1n) is 10.2. The Hall–Kier alpha value is -0.120. The fraction of sp³-hybridized carbons (Fsp3) is 1.00. The number of hydrogen-bond donors (Lipinski definition) is 0. The van der Waals surface area contributed by atoms with E-state index >= 15 is 0 Å². The monoisotopic (exact) mass is 321 g/mol. The predicted molar refractivity (Wildman–Crippen MR) is 98.9 cm³/mol. The molecule has 0 unspecified atom stereocenters. The lowest BCUT2D eigenvalue weighted by Gasteiger charge is -2.42. The van der Waals surface area contributed by atoms with Crippen molar-refractivity contribution in [1.29, 1.82) is 0 Å². The van der Waals surface area contributed by atoms with E-state index in [4.69, 9.17) is 0 Å². The third kappa shape index (κ3) is 4.11. The quantitative estimate of drug-likeness (QED) is 0.743. The van der Waals surface area contributed by atoms with Gasteiger partial charge in [-0.2, -0.15) is 0 Å². The van der Waals surface area contributed by atoms with Crippen LogP contribution in [0.5, 0.6) is 0 Å². The summed E-state index contributed by atoms with van der Waals surface area (Å²) in [4.78, 5) is 8.20. The zero-order chi connectivity index (χ0) is 16.4. The van der Waals surface area contributed by atoms with Crippen LogP contribution < -0.4 is 0 Å². The fourth-order valence-corrected chi connectivity index (χ4v) is 4.93. The van der Waals surface area contributed by atoms with Gasteiger partial charge in [0.2, 0.25) is 0 Å². The maximum Gasteiger partial charge on any atom is 0.0234 e. The molecule has 0 aromatic heterocycles. The van der Waals surface area contributed by atoms with E-state index in [2.05, 4.69) is 42.4 Å². The van der Waals surface area contributed by atoms with Crippen molar-refractivity contribution in [3.05, 3.63) is 0 Å². The minimum atomic E-state index is 0.593. The highest BCUT2D eigenvalue weighted by Crippen LogP contribution is 2.47. The van der Waals surface area contributed by atoms with Crippen molar-refractivity contribution in [2.24, 2.45) is 11.8 Å². The van der Waals surface area contributed by atoms with Crippen LogP contribution in [0.1, 0.15) is 59.8 Å². The molecule has 3 rings (SSSR count). The van der Waals surface area contributed by atoms with E-state index in [1.165, 1.54) is 77.9 Å². The van der Waals surface area contributed by atoms with Crippen LogP contribution in [-0.4, -0.2) is 72.1 Å². The molecule has 3 nitrogen and oxygen atoms in total. The van der Waals surface area contributed by atoms with E-state index in [1.807, 2.05) is 0 Å². The molecule has 0 aromatic rings. The molecule has 1 saturated carbocycles. The molecular weight excluding hydrogens is 282 g/mol. The van der Waals surface area contributed by atoms with E-state index in [9.17, 15) is 0 Å². The Labute approximate surface area is 144 Å². The number of likely N-dealkylation sites (tertiary alicyclic amines) is 1. The molecule has 2 aliphatic heterocycles. The summed E-state index contributed by atoms with van der Waals surface area (Å²) in [5.74, 6) is 1.81. The minimum absolute atomic E-state index is 0.593. The fourth-order valence-electron chi connectivity index (χ4n) is 4.93. The zero-order valence-electron chi connectivity index (χ0n) is 16.1. The Bertz CT molecular complexity index is 359. The van der Waals surface area contributed by atoms with Gasteiger partial charge in [0.25, 0.3) is 0 Å². The van der Waals surface area contributed by atoms with Crippen LogP contribution in [0.4, 0.5) is 0 Å². The number of hydrogen-bond acceptors (Lipinski definition) is 3. The van der Waals surface area contributed by atoms with Crippen molar-refractivity contribution in [3.8, 4) is 0 Å². The van der Waals surface area contributed by atoms with Crippen LogP contribution in [0.25, 0.3) is 0 Å². The van der Waals surface area contributed by atoms with Crippen molar-refractivity contribution in [2.45, 2.75) is 71.4 Å². The Kier molecular flexibility index (Phi) is 5.70. The molecule has 0 bridgehead atoms. The molecule has 0 amide bonds. The molecule has 3 heteroatoms. The van der Waals surface area contributed by atoms with Crippen LogP contribution in [0, 0.1) is 11.8 Å². The standard InChI is InChI=1S/C20H39N3/c1-17(2)20(8-9-20)23-15-13-21(14-16-23)10-5-19-6-11-22(12-7-19)18(3)4/h17-19H,5-16H2,1-4H3. The SMILES string of the molecule is CC(C)N1CCC(CCN2CCN(C3(C(C)C)CC3)CC2)CC1. The Balaban J connectivity index is 1.34. The maximum atomic E-state index is 2.81. The Morgan fingerprint density at radius 2 is 1.48 bits per heavy atom. The van der Waals surface area contributed by atoms with E-state index < -0.39 is 0 Å². The molecule has 2 saturated heterocycles. The molecule has 0 spiro atoms. The smallest absolute Gasteiger partial charge is 0.0234 e. The van der Waals surface area contributed by atoms with Gasteiger partial charge in [0.15, 0.2) is 0 Å². The van der Waals surface area contributed by atoms with Gasteiger partial charge < -0.3 is 9.80 Å². The van der Waals surface area contributed by atoms with Gasteiger partial charge in [-0.25, -0.2) is 0 Å². The van der Waals surface area contributed by atoms with Crippen LogP contribution in [0.2, 0.25) is 0 Å². The van der Waals surface area contributed by atoms with Crippen molar-refractivity contribution in [3.63, 3.8) is 0 Å². The van der Waals surface area contributed by atoms with Crippen LogP contribution in [-0.2, 0) is 0 Å². The number of rotatable bonds is 6. The third-order valence-electron chi connectivity index (χ3n) is 7.07. The second-order valence-electron chi connectivity index (χ2n) is 8.95. The summed E-state index contributed by atoms with van der Waals surface area (Å²) in [7, 11) is 0. The average Bonchev–Trinajstić information content (AvgIpc) is 3.36. The van der Waals surface area contributed by atoms with Crippen molar-refractivity contribution < 1.29 is 0 Å². The summed E-state index contributed by atoms with van der Waals surface area (Å²) in [5.41, 5.74) is 0.593. The van der Waals surface area contributed by atoms with Crippen LogP contribution >= 0.6 is 0 Å². The molecule has 2 heterocycles. The summed E-state index contributed by atoms with van der Waals surface area (Å²) in [6.45, 7) is 18.7. The van der Waals surface area contributed by atoms with E-state index in [0.29, 0.717) is 5.54 Å². The molecule has 0 N–H and O–H groups in total. The molecule has 134 valence electrons. The Morgan fingerprint density at radius 3 is 1.96 bits per heavy atom. The lowest BCUT2D eigenvalue weighted by atomic mass is 9.92. The molecule has 3 fully saturated rings. The molecule has 0 atom stereocenters. The van der Waals surface area contributed by atoms with Gasteiger partial charge in [0.1, 0.15) is 0 Å². The Morgan fingerprint density at radius 1 is 0.870 bits per heavy atom. The summed E-state index contributed by atoms with van der Waals surface area (Å²) in [6, 6.07) is 0.736. The van der Waals surface area contributed by atoms with E-state index in [1.54, 1.807) is 0 Å². The molecule has 1 aliphatic carbocycles. The van der Waals surface area contributed by atoms with Crippen molar-refractivity contribution >= 4 is 0 Å². The molecular formula is C20H39N3.